The highest BCUT2D eigenvalue weighted by Gasteiger charge is 2.55. The number of amides is 1. The maximum Gasteiger partial charge on any atom is 0.307 e. The van der Waals surface area contributed by atoms with Gasteiger partial charge in [-0.15, -0.1) is 0 Å². The molecule has 0 aromatic carbocycles. The van der Waals surface area contributed by atoms with Gasteiger partial charge in [0.25, 0.3) is 0 Å². The van der Waals surface area contributed by atoms with Crippen LogP contribution < -0.4 is 0 Å². The SMILES string of the molecule is O=C(O)C1CC1C(=O)N1CCOCC12CCC2. The van der Waals surface area contributed by atoms with E-state index in [0.29, 0.717) is 26.2 Å². The molecule has 0 aromatic heterocycles. The van der Waals surface area contributed by atoms with Gasteiger partial charge in [-0.3, -0.25) is 9.59 Å². The molecule has 1 aliphatic heterocycles. The van der Waals surface area contributed by atoms with Gasteiger partial charge in [0.15, 0.2) is 0 Å². The van der Waals surface area contributed by atoms with Crippen molar-refractivity contribution in [1.29, 1.82) is 0 Å². The minimum Gasteiger partial charge on any atom is -0.481 e. The summed E-state index contributed by atoms with van der Waals surface area (Å²) in [6, 6.07) is 0. The van der Waals surface area contributed by atoms with Crippen LogP contribution in [0.1, 0.15) is 25.7 Å². The number of hydrogen-bond acceptors (Lipinski definition) is 3. The highest BCUT2D eigenvalue weighted by molar-refractivity contribution is 5.90. The summed E-state index contributed by atoms with van der Waals surface area (Å²) in [6.45, 7) is 1.84. The summed E-state index contributed by atoms with van der Waals surface area (Å²) in [6.07, 6.45) is 3.66. The second-order valence-electron chi connectivity index (χ2n) is 5.41. The largest absolute Gasteiger partial charge is 0.481 e. The first-order valence-corrected chi connectivity index (χ1v) is 6.26. The third kappa shape index (κ3) is 1.64. The molecule has 2 unspecified atom stereocenters. The molecule has 5 heteroatoms. The van der Waals surface area contributed by atoms with Gasteiger partial charge in [0.2, 0.25) is 5.91 Å². The smallest absolute Gasteiger partial charge is 0.307 e. The van der Waals surface area contributed by atoms with Crippen LogP contribution in [0.2, 0.25) is 0 Å². The maximum atomic E-state index is 12.3. The van der Waals surface area contributed by atoms with E-state index < -0.39 is 11.9 Å². The summed E-state index contributed by atoms with van der Waals surface area (Å²) in [5, 5.41) is 8.88. The second kappa shape index (κ2) is 3.70. The van der Waals surface area contributed by atoms with E-state index in [2.05, 4.69) is 0 Å². The number of morpholine rings is 1. The van der Waals surface area contributed by atoms with Crippen molar-refractivity contribution >= 4 is 11.9 Å². The van der Waals surface area contributed by atoms with E-state index in [4.69, 9.17) is 9.84 Å². The highest BCUT2D eigenvalue weighted by Crippen LogP contribution is 2.45. The summed E-state index contributed by atoms with van der Waals surface area (Å²) in [4.78, 5) is 25.0. The van der Waals surface area contributed by atoms with Gasteiger partial charge in [-0.05, 0) is 25.7 Å². The average molecular weight is 239 g/mol. The molecule has 2 saturated carbocycles. The van der Waals surface area contributed by atoms with Crippen LogP contribution in [0.15, 0.2) is 0 Å². The molecule has 1 amide bonds. The zero-order valence-corrected chi connectivity index (χ0v) is 9.72. The van der Waals surface area contributed by atoms with E-state index in [1.807, 2.05) is 4.90 Å². The number of carbonyl (C=O) groups excluding carboxylic acids is 1. The Bertz CT molecular complexity index is 364. The summed E-state index contributed by atoms with van der Waals surface area (Å²) in [7, 11) is 0. The van der Waals surface area contributed by atoms with Gasteiger partial charge in [-0.1, -0.05) is 0 Å². The van der Waals surface area contributed by atoms with Crippen LogP contribution in [0, 0.1) is 11.8 Å². The molecule has 2 aliphatic carbocycles. The van der Waals surface area contributed by atoms with Gasteiger partial charge in [0, 0.05) is 6.54 Å². The first-order valence-electron chi connectivity index (χ1n) is 6.26. The summed E-state index contributed by atoms with van der Waals surface area (Å²) in [5.74, 6) is -1.51. The Morgan fingerprint density at radius 3 is 2.59 bits per heavy atom. The molecule has 3 aliphatic rings. The van der Waals surface area contributed by atoms with Crippen molar-refractivity contribution in [2.45, 2.75) is 31.2 Å². The Hall–Kier alpha value is -1.10. The van der Waals surface area contributed by atoms with Crippen LogP contribution in [0.25, 0.3) is 0 Å². The van der Waals surface area contributed by atoms with Gasteiger partial charge in [0.1, 0.15) is 0 Å². The average Bonchev–Trinajstić information content (AvgIpc) is 3.06. The predicted octanol–water partition coefficient (Wildman–Crippen LogP) is 0.489. The predicted molar refractivity (Wildman–Crippen MR) is 58.3 cm³/mol. The molecule has 1 heterocycles. The van der Waals surface area contributed by atoms with Crippen LogP contribution in [-0.2, 0) is 14.3 Å². The number of carboxylic acid groups (broad SMARTS) is 1. The monoisotopic (exact) mass is 239 g/mol. The Morgan fingerprint density at radius 1 is 1.29 bits per heavy atom. The molecule has 1 N–H and O–H groups in total. The summed E-state index contributed by atoms with van der Waals surface area (Å²) >= 11 is 0. The van der Waals surface area contributed by atoms with Crippen molar-refractivity contribution in [3.63, 3.8) is 0 Å². The Labute approximate surface area is 99.7 Å². The van der Waals surface area contributed by atoms with Gasteiger partial charge >= 0.3 is 5.97 Å². The third-order valence-electron chi connectivity index (χ3n) is 4.38. The first-order chi connectivity index (χ1) is 8.14. The Kier molecular flexibility index (Phi) is 2.40. The number of nitrogens with zero attached hydrogens (tertiary/aromatic N) is 1. The van der Waals surface area contributed by atoms with Crippen LogP contribution in [-0.4, -0.2) is 47.2 Å². The van der Waals surface area contributed by atoms with Gasteiger partial charge in [-0.25, -0.2) is 0 Å². The minimum atomic E-state index is -0.834. The molecule has 1 spiro atoms. The quantitative estimate of drug-likeness (QED) is 0.761. The molecule has 94 valence electrons. The van der Waals surface area contributed by atoms with Crippen LogP contribution >= 0.6 is 0 Å². The number of carbonyl (C=O) groups is 2. The van der Waals surface area contributed by atoms with E-state index in [0.717, 1.165) is 19.3 Å². The molecule has 3 rings (SSSR count). The second-order valence-corrected chi connectivity index (χ2v) is 5.41. The highest BCUT2D eigenvalue weighted by atomic mass is 16.5. The van der Waals surface area contributed by atoms with Crippen molar-refractivity contribution < 1.29 is 19.4 Å². The molecule has 0 radical (unpaired) electrons. The third-order valence-corrected chi connectivity index (χ3v) is 4.38. The van der Waals surface area contributed by atoms with Crippen molar-refractivity contribution in [1.82, 2.24) is 4.90 Å². The van der Waals surface area contributed by atoms with Crippen molar-refractivity contribution in [2.75, 3.05) is 19.8 Å². The summed E-state index contributed by atoms with van der Waals surface area (Å²) < 4.78 is 5.47. The van der Waals surface area contributed by atoms with Gasteiger partial charge in [-0.2, -0.15) is 0 Å². The van der Waals surface area contributed by atoms with Gasteiger partial charge < -0.3 is 14.7 Å². The van der Waals surface area contributed by atoms with Crippen LogP contribution in [0.5, 0.6) is 0 Å². The standard InChI is InChI=1S/C12H17NO4/c14-10(8-6-9(8)11(15)16)13-4-5-17-7-12(13)2-1-3-12/h8-9H,1-7H2,(H,15,16). The van der Waals surface area contributed by atoms with E-state index in [-0.39, 0.29) is 17.4 Å². The van der Waals surface area contributed by atoms with E-state index in [9.17, 15) is 9.59 Å². The molecule has 5 nitrogen and oxygen atoms in total. The Morgan fingerprint density at radius 2 is 2.06 bits per heavy atom. The molecule has 17 heavy (non-hydrogen) atoms. The molecule has 2 atom stereocenters. The lowest BCUT2D eigenvalue weighted by Gasteiger charge is -2.52. The molecule has 3 fully saturated rings. The Balaban J connectivity index is 1.70. The number of aliphatic carboxylic acids is 1. The van der Waals surface area contributed by atoms with Crippen LogP contribution in [0.3, 0.4) is 0 Å². The molecule has 1 saturated heterocycles. The number of rotatable bonds is 2. The fourth-order valence-electron chi connectivity index (χ4n) is 3.02. The molecule has 0 aromatic rings. The topological polar surface area (TPSA) is 66.8 Å². The number of carboxylic acids is 1. The first kappa shape index (κ1) is 11.0. The lowest BCUT2D eigenvalue weighted by Crippen LogP contribution is -2.63. The van der Waals surface area contributed by atoms with Crippen LogP contribution in [0.4, 0.5) is 0 Å². The molecular weight excluding hydrogens is 222 g/mol. The molecule has 0 bridgehead atoms. The number of ether oxygens (including phenoxy) is 1. The van der Waals surface area contributed by atoms with E-state index in [1.165, 1.54) is 0 Å². The minimum absolute atomic E-state index is 0.0420. The van der Waals surface area contributed by atoms with Crippen molar-refractivity contribution in [3.05, 3.63) is 0 Å². The fraction of sp³-hybridized carbons (Fsp3) is 0.833. The maximum absolute atomic E-state index is 12.3. The van der Waals surface area contributed by atoms with Crippen molar-refractivity contribution in [2.24, 2.45) is 11.8 Å². The lowest BCUT2D eigenvalue weighted by atomic mass is 9.75. The fourth-order valence-corrected chi connectivity index (χ4v) is 3.02. The van der Waals surface area contributed by atoms with E-state index in [1.54, 1.807) is 0 Å². The van der Waals surface area contributed by atoms with Crippen molar-refractivity contribution in [3.8, 4) is 0 Å². The normalized spacial score (nSPS) is 34.2. The lowest BCUT2D eigenvalue weighted by molar-refractivity contribution is -0.161. The van der Waals surface area contributed by atoms with E-state index >= 15 is 0 Å². The molecular formula is C12H17NO4. The van der Waals surface area contributed by atoms with Gasteiger partial charge in [0.05, 0.1) is 30.6 Å². The summed E-state index contributed by atoms with van der Waals surface area (Å²) in [5.41, 5.74) is -0.0963. The zero-order chi connectivity index (χ0) is 12.0. The zero-order valence-electron chi connectivity index (χ0n) is 9.72. The number of hydrogen-bond donors (Lipinski definition) is 1.